The summed E-state index contributed by atoms with van der Waals surface area (Å²) in [4.78, 5) is 7.66. The summed E-state index contributed by atoms with van der Waals surface area (Å²) in [5.41, 5.74) is 2.62. The van der Waals surface area contributed by atoms with Crippen LogP contribution in [0.15, 0.2) is 47.4 Å². The van der Waals surface area contributed by atoms with Gasteiger partial charge in [0.05, 0.1) is 23.0 Å². The first-order chi connectivity index (χ1) is 11.0. The summed E-state index contributed by atoms with van der Waals surface area (Å²) in [7, 11) is -2.03. The molecule has 0 atom stereocenters. The van der Waals surface area contributed by atoms with Gasteiger partial charge in [-0.25, -0.2) is 18.1 Å². The summed E-state index contributed by atoms with van der Waals surface area (Å²) >= 11 is 0. The van der Waals surface area contributed by atoms with Crippen LogP contribution in [0.3, 0.4) is 0 Å². The Morgan fingerprint density at radius 2 is 1.91 bits per heavy atom. The van der Waals surface area contributed by atoms with Crippen molar-refractivity contribution in [1.82, 2.24) is 14.7 Å². The van der Waals surface area contributed by atoms with E-state index in [0.717, 1.165) is 22.4 Å². The van der Waals surface area contributed by atoms with E-state index in [1.54, 1.807) is 12.1 Å². The highest BCUT2D eigenvalue weighted by Crippen LogP contribution is 2.17. The van der Waals surface area contributed by atoms with E-state index >= 15 is 0 Å². The zero-order valence-corrected chi connectivity index (χ0v) is 13.6. The minimum absolute atomic E-state index is 0.205. The normalized spacial score (nSPS) is 11.7. The molecule has 3 rings (SSSR count). The smallest absolute Gasteiger partial charge is 0.240 e. The second-order valence-corrected chi connectivity index (χ2v) is 6.94. The molecule has 0 saturated carbocycles. The molecule has 0 aliphatic rings. The third-order valence-corrected chi connectivity index (χ3v) is 4.92. The van der Waals surface area contributed by atoms with Gasteiger partial charge in [0.2, 0.25) is 10.0 Å². The van der Waals surface area contributed by atoms with E-state index in [1.165, 1.54) is 19.2 Å². The minimum atomic E-state index is -3.56. The second kappa shape index (κ2) is 6.02. The number of fused-ring (bicyclic) bond motifs is 1. The monoisotopic (exact) mass is 331 g/mol. The number of aromatic nitrogens is 2. The number of nitrogens with zero attached hydrogens (tertiary/aromatic N) is 1. The van der Waals surface area contributed by atoms with Crippen LogP contribution in [0.5, 0.6) is 5.75 Å². The number of hydrogen-bond donors (Lipinski definition) is 2. The molecule has 3 aromatic rings. The van der Waals surface area contributed by atoms with Crippen molar-refractivity contribution in [3.63, 3.8) is 0 Å². The summed E-state index contributed by atoms with van der Waals surface area (Å²) in [6.07, 6.45) is 0. The number of nitrogens with one attached hydrogen (secondary N) is 2. The Hall–Kier alpha value is -2.38. The van der Waals surface area contributed by atoms with Gasteiger partial charge in [-0.1, -0.05) is 6.07 Å². The number of sulfonamides is 1. The molecule has 0 radical (unpaired) electrons. The summed E-state index contributed by atoms with van der Waals surface area (Å²) in [5, 5.41) is 0. The third kappa shape index (κ3) is 3.35. The second-order valence-electron chi connectivity index (χ2n) is 5.17. The van der Waals surface area contributed by atoms with Crippen molar-refractivity contribution in [1.29, 1.82) is 0 Å². The lowest BCUT2D eigenvalue weighted by Crippen LogP contribution is -2.23. The summed E-state index contributed by atoms with van der Waals surface area (Å²) in [6.45, 7) is 2.09. The van der Waals surface area contributed by atoms with Crippen LogP contribution in [0.4, 0.5) is 0 Å². The highest BCUT2D eigenvalue weighted by Gasteiger charge is 2.14. The van der Waals surface area contributed by atoms with Crippen molar-refractivity contribution < 1.29 is 13.2 Å². The van der Waals surface area contributed by atoms with Crippen LogP contribution >= 0.6 is 0 Å². The Morgan fingerprint density at radius 1 is 1.17 bits per heavy atom. The predicted octanol–water partition coefficient (Wildman–Crippen LogP) is 2.36. The molecule has 7 heteroatoms. The quantitative estimate of drug-likeness (QED) is 0.752. The molecule has 1 heterocycles. The van der Waals surface area contributed by atoms with Gasteiger partial charge in [0, 0.05) is 6.54 Å². The fourth-order valence-electron chi connectivity index (χ4n) is 2.31. The number of H-pyrrole nitrogens is 1. The third-order valence-electron chi connectivity index (χ3n) is 3.50. The Labute approximate surface area is 134 Å². The zero-order chi connectivity index (χ0) is 16.4. The molecule has 0 bridgehead atoms. The van der Waals surface area contributed by atoms with E-state index in [2.05, 4.69) is 14.7 Å². The number of rotatable bonds is 5. The van der Waals surface area contributed by atoms with E-state index in [9.17, 15) is 8.42 Å². The molecule has 0 spiro atoms. The number of aromatic amines is 1. The van der Waals surface area contributed by atoms with Crippen LogP contribution in [-0.2, 0) is 16.6 Å². The van der Waals surface area contributed by atoms with E-state index in [1.807, 2.05) is 25.1 Å². The fourth-order valence-corrected chi connectivity index (χ4v) is 3.33. The lowest BCUT2D eigenvalue weighted by atomic mass is 10.2. The lowest BCUT2D eigenvalue weighted by molar-refractivity contribution is 0.414. The van der Waals surface area contributed by atoms with Crippen LogP contribution in [0.1, 0.15) is 11.4 Å². The van der Waals surface area contributed by atoms with Crippen molar-refractivity contribution in [2.24, 2.45) is 0 Å². The molecule has 6 nitrogen and oxygen atoms in total. The van der Waals surface area contributed by atoms with Gasteiger partial charge in [-0.05, 0) is 48.9 Å². The van der Waals surface area contributed by atoms with E-state index in [0.29, 0.717) is 5.75 Å². The fraction of sp³-hybridized carbons (Fsp3) is 0.188. The van der Waals surface area contributed by atoms with E-state index in [4.69, 9.17) is 4.74 Å². The molecule has 0 aliphatic carbocycles. The molecule has 0 amide bonds. The molecule has 2 N–H and O–H groups in total. The Kier molecular flexibility index (Phi) is 4.06. The molecule has 120 valence electrons. The molecular formula is C16H17N3O3S. The maximum absolute atomic E-state index is 12.3. The summed E-state index contributed by atoms with van der Waals surface area (Å²) in [5.74, 6) is 1.44. The molecule has 0 unspecified atom stereocenters. The number of ether oxygens (including phenoxy) is 1. The summed E-state index contributed by atoms with van der Waals surface area (Å²) in [6, 6.07) is 11.9. The molecule has 1 aromatic heterocycles. The number of benzene rings is 2. The van der Waals surface area contributed by atoms with Gasteiger partial charge in [0.1, 0.15) is 11.6 Å². The zero-order valence-electron chi connectivity index (χ0n) is 12.8. The predicted molar refractivity (Wildman–Crippen MR) is 87.9 cm³/mol. The Bertz CT molecular complexity index is 931. The van der Waals surface area contributed by atoms with Crippen LogP contribution in [-0.4, -0.2) is 25.5 Å². The number of imidazole rings is 1. The first-order valence-electron chi connectivity index (χ1n) is 7.07. The standard InChI is InChI=1S/C16H17N3O3S/c1-11-18-15-8-3-12(9-16(15)19-11)10-17-23(20,21)14-6-4-13(22-2)5-7-14/h3-9,17H,10H2,1-2H3,(H,18,19). The van der Waals surface area contributed by atoms with Gasteiger partial charge < -0.3 is 9.72 Å². The topological polar surface area (TPSA) is 84.1 Å². The van der Waals surface area contributed by atoms with Crippen molar-refractivity contribution in [2.45, 2.75) is 18.4 Å². The first-order valence-corrected chi connectivity index (χ1v) is 8.55. The van der Waals surface area contributed by atoms with Crippen molar-refractivity contribution in [3.8, 4) is 5.75 Å². The average Bonchev–Trinajstić information content (AvgIpc) is 2.92. The number of methoxy groups -OCH3 is 1. The first kappa shape index (κ1) is 15.5. The van der Waals surface area contributed by atoms with Gasteiger partial charge >= 0.3 is 0 Å². The minimum Gasteiger partial charge on any atom is -0.497 e. The SMILES string of the molecule is COc1ccc(S(=O)(=O)NCc2ccc3nc(C)[nH]c3c2)cc1. The van der Waals surface area contributed by atoms with Gasteiger partial charge in [0.15, 0.2) is 0 Å². The van der Waals surface area contributed by atoms with E-state index < -0.39 is 10.0 Å². The number of aryl methyl sites for hydroxylation is 1. The molecule has 23 heavy (non-hydrogen) atoms. The highest BCUT2D eigenvalue weighted by atomic mass is 32.2. The van der Waals surface area contributed by atoms with Crippen LogP contribution in [0.2, 0.25) is 0 Å². The maximum Gasteiger partial charge on any atom is 0.240 e. The Balaban J connectivity index is 1.76. The van der Waals surface area contributed by atoms with Crippen molar-refractivity contribution >= 4 is 21.1 Å². The van der Waals surface area contributed by atoms with Crippen molar-refractivity contribution in [2.75, 3.05) is 7.11 Å². The molecule has 0 fully saturated rings. The van der Waals surface area contributed by atoms with Gasteiger partial charge in [-0.15, -0.1) is 0 Å². The Morgan fingerprint density at radius 3 is 2.61 bits per heavy atom. The molecule has 2 aromatic carbocycles. The molecule has 0 aliphatic heterocycles. The van der Waals surface area contributed by atoms with Gasteiger partial charge in [0.25, 0.3) is 0 Å². The molecular weight excluding hydrogens is 314 g/mol. The van der Waals surface area contributed by atoms with E-state index in [-0.39, 0.29) is 11.4 Å². The largest absolute Gasteiger partial charge is 0.497 e. The van der Waals surface area contributed by atoms with Crippen LogP contribution in [0, 0.1) is 6.92 Å². The van der Waals surface area contributed by atoms with Gasteiger partial charge in [-0.2, -0.15) is 0 Å². The lowest BCUT2D eigenvalue weighted by Gasteiger charge is -2.08. The molecule has 0 saturated heterocycles. The summed E-state index contributed by atoms with van der Waals surface area (Å²) < 4.78 is 32.2. The highest BCUT2D eigenvalue weighted by molar-refractivity contribution is 7.89. The van der Waals surface area contributed by atoms with Gasteiger partial charge in [-0.3, -0.25) is 0 Å². The van der Waals surface area contributed by atoms with Crippen molar-refractivity contribution in [3.05, 3.63) is 53.9 Å². The van der Waals surface area contributed by atoms with Crippen LogP contribution < -0.4 is 9.46 Å². The average molecular weight is 331 g/mol. The maximum atomic E-state index is 12.3. The number of hydrogen-bond acceptors (Lipinski definition) is 4. The van der Waals surface area contributed by atoms with Crippen LogP contribution in [0.25, 0.3) is 11.0 Å².